The van der Waals surface area contributed by atoms with Gasteiger partial charge in [0.2, 0.25) is 0 Å². The van der Waals surface area contributed by atoms with Gasteiger partial charge in [0.15, 0.2) is 23.1 Å². The molecule has 7 nitrogen and oxygen atoms in total. The zero-order chi connectivity index (χ0) is 20.3. The number of halogens is 2. The first-order valence-corrected chi connectivity index (χ1v) is 8.36. The van der Waals surface area contributed by atoms with Crippen molar-refractivity contribution >= 4 is 17.7 Å². The number of carbonyl (C=O) groups is 2. The van der Waals surface area contributed by atoms with Crippen LogP contribution >= 0.6 is 0 Å². The van der Waals surface area contributed by atoms with E-state index in [-0.39, 0.29) is 18.7 Å². The second kappa shape index (κ2) is 8.12. The Balaban J connectivity index is 1.63. The quantitative estimate of drug-likeness (QED) is 0.818. The van der Waals surface area contributed by atoms with Crippen molar-refractivity contribution in [3.05, 3.63) is 53.6 Å². The third-order valence-electron chi connectivity index (χ3n) is 4.22. The molecule has 0 bridgehead atoms. The number of ether oxygens (including phenoxy) is 3. The predicted molar refractivity (Wildman–Crippen MR) is 95.9 cm³/mol. The number of methoxy groups -OCH3 is 2. The van der Waals surface area contributed by atoms with Gasteiger partial charge in [0.25, 0.3) is 5.91 Å². The number of nitrogens with zero attached hydrogens (tertiary/aromatic N) is 1. The molecular weight excluding hydrogens is 374 g/mol. The summed E-state index contributed by atoms with van der Waals surface area (Å²) in [6, 6.07) is 7.84. The first-order chi connectivity index (χ1) is 13.4. The van der Waals surface area contributed by atoms with Gasteiger partial charge in [-0.15, -0.1) is 0 Å². The van der Waals surface area contributed by atoms with Gasteiger partial charge in [-0.1, -0.05) is 0 Å². The summed E-state index contributed by atoms with van der Waals surface area (Å²) < 4.78 is 41.8. The zero-order valence-corrected chi connectivity index (χ0v) is 15.2. The van der Waals surface area contributed by atoms with Gasteiger partial charge in [0.05, 0.1) is 33.0 Å². The van der Waals surface area contributed by atoms with Gasteiger partial charge in [0, 0.05) is 11.6 Å². The van der Waals surface area contributed by atoms with Crippen LogP contribution in [0.15, 0.2) is 36.4 Å². The van der Waals surface area contributed by atoms with Gasteiger partial charge in [0.1, 0.15) is 6.10 Å². The van der Waals surface area contributed by atoms with E-state index in [4.69, 9.17) is 14.2 Å². The van der Waals surface area contributed by atoms with E-state index in [1.54, 1.807) is 18.2 Å². The Morgan fingerprint density at radius 3 is 2.57 bits per heavy atom. The van der Waals surface area contributed by atoms with Crippen LogP contribution in [0.25, 0.3) is 0 Å². The van der Waals surface area contributed by atoms with Crippen LogP contribution in [0.3, 0.4) is 0 Å². The van der Waals surface area contributed by atoms with E-state index < -0.39 is 29.7 Å². The normalized spacial score (nSPS) is 15.9. The van der Waals surface area contributed by atoms with Crippen molar-refractivity contribution in [3.63, 3.8) is 0 Å². The lowest BCUT2D eigenvalue weighted by Gasteiger charge is -2.15. The molecular formula is C19H18F2N2O5. The Bertz CT molecular complexity index is 906. The molecule has 0 spiro atoms. The second-order valence-electron chi connectivity index (χ2n) is 5.99. The van der Waals surface area contributed by atoms with Crippen LogP contribution in [0, 0.1) is 11.6 Å². The van der Waals surface area contributed by atoms with Gasteiger partial charge in [-0.3, -0.25) is 9.69 Å². The summed E-state index contributed by atoms with van der Waals surface area (Å²) in [4.78, 5) is 25.6. The molecule has 0 aromatic heterocycles. The van der Waals surface area contributed by atoms with Crippen LogP contribution < -0.4 is 19.7 Å². The minimum Gasteiger partial charge on any atom is -0.493 e. The van der Waals surface area contributed by atoms with E-state index in [0.29, 0.717) is 17.2 Å². The van der Waals surface area contributed by atoms with Gasteiger partial charge >= 0.3 is 6.09 Å². The maximum atomic E-state index is 13.2. The highest BCUT2D eigenvalue weighted by Crippen LogP contribution is 2.33. The van der Waals surface area contributed by atoms with E-state index in [2.05, 4.69) is 5.32 Å². The highest BCUT2D eigenvalue weighted by Gasteiger charge is 2.33. The summed E-state index contributed by atoms with van der Waals surface area (Å²) in [5.74, 6) is -1.76. The van der Waals surface area contributed by atoms with Gasteiger partial charge in [-0.25, -0.2) is 13.6 Å². The van der Waals surface area contributed by atoms with E-state index in [0.717, 1.165) is 12.1 Å². The lowest BCUT2D eigenvalue weighted by molar-refractivity contribution is 0.0915. The molecule has 2 aromatic carbocycles. The molecule has 1 unspecified atom stereocenters. The Morgan fingerprint density at radius 1 is 1.14 bits per heavy atom. The molecule has 1 aliphatic heterocycles. The first-order valence-electron chi connectivity index (χ1n) is 8.36. The summed E-state index contributed by atoms with van der Waals surface area (Å²) in [5.41, 5.74) is 0.525. The van der Waals surface area contributed by atoms with Crippen LogP contribution in [0.2, 0.25) is 0 Å². The lowest BCUT2D eigenvalue weighted by Crippen LogP contribution is -2.34. The van der Waals surface area contributed by atoms with E-state index in [1.165, 1.54) is 25.2 Å². The Hall–Kier alpha value is -3.36. The number of anilines is 1. The SMILES string of the molecule is COc1ccc(N2CC(CNC(=O)c3ccc(F)c(F)c3)OC2=O)cc1OC. The molecule has 1 N–H and O–H groups in total. The predicted octanol–water partition coefficient (Wildman–Crippen LogP) is 2.74. The number of carbonyl (C=O) groups excluding carboxylic acids is 2. The van der Waals surface area contributed by atoms with Crippen molar-refractivity contribution in [3.8, 4) is 11.5 Å². The van der Waals surface area contributed by atoms with Crippen molar-refractivity contribution in [1.82, 2.24) is 5.32 Å². The lowest BCUT2D eigenvalue weighted by atomic mass is 10.2. The second-order valence-corrected chi connectivity index (χ2v) is 5.99. The Morgan fingerprint density at radius 2 is 1.89 bits per heavy atom. The fourth-order valence-electron chi connectivity index (χ4n) is 2.78. The molecule has 3 rings (SSSR count). The van der Waals surface area contributed by atoms with E-state index in [9.17, 15) is 18.4 Å². The molecule has 1 heterocycles. The smallest absolute Gasteiger partial charge is 0.414 e. The van der Waals surface area contributed by atoms with Crippen molar-refractivity contribution in [2.24, 2.45) is 0 Å². The molecule has 1 fully saturated rings. The van der Waals surface area contributed by atoms with Crippen LogP contribution in [-0.4, -0.2) is 45.4 Å². The number of hydrogen-bond acceptors (Lipinski definition) is 5. The average molecular weight is 392 g/mol. The summed E-state index contributed by atoms with van der Waals surface area (Å²) in [6.07, 6.45) is -1.17. The van der Waals surface area contributed by atoms with Crippen LogP contribution in [0.1, 0.15) is 10.4 Å². The van der Waals surface area contributed by atoms with E-state index in [1.807, 2.05) is 0 Å². The molecule has 148 valence electrons. The Kier molecular flexibility index (Phi) is 5.62. The van der Waals surface area contributed by atoms with Gasteiger partial charge in [-0.2, -0.15) is 0 Å². The minimum atomic E-state index is -1.11. The summed E-state index contributed by atoms with van der Waals surface area (Å²) >= 11 is 0. The molecule has 1 saturated heterocycles. The van der Waals surface area contributed by atoms with Crippen LogP contribution in [-0.2, 0) is 4.74 Å². The van der Waals surface area contributed by atoms with Crippen LogP contribution in [0.4, 0.5) is 19.3 Å². The fourth-order valence-corrected chi connectivity index (χ4v) is 2.78. The summed E-state index contributed by atoms with van der Waals surface area (Å²) in [7, 11) is 2.99. The number of amides is 2. The topological polar surface area (TPSA) is 77.1 Å². The third-order valence-corrected chi connectivity index (χ3v) is 4.22. The Labute approximate surface area is 159 Å². The molecule has 0 radical (unpaired) electrons. The number of benzene rings is 2. The largest absolute Gasteiger partial charge is 0.493 e. The van der Waals surface area contributed by atoms with Crippen molar-refractivity contribution in [1.29, 1.82) is 0 Å². The summed E-state index contributed by atoms with van der Waals surface area (Å²) in [6.45, 7) is 0.222. The molecule has 0 aliphatic carbocycles. The fraction of sp³-hybridized carbons (Fsp3) is 0.263. The van der Waals surface area contributed by atoms with Crippen molar-refractivity contribution in [2.75, 3.05) is 32.2 Å². The molecule has 1 aliphatic rings. The van der Waals surface area contributed by atoms with Gasteiger partial charge < -0.3 is 19.5 Å². The zero-order valence-electron chi connectivity index (χ0n) is 15.2. The standard InChI is InChI=1S/C19H18F2N2O5/c1-26-16-6-4-12(8-17(16)27-2)23-10-13(28-19(23)25)9-22-18(24)11-3-5-14(20)15(21)7-11/h3-8,13H,9-10H2,1-2H3,(H,22,24). The molecule has 1 atom stereocenters. The average Bonchev–Trinajstić information content (AvgIpc) is 3.08. The molecule has 9 heteroatoms. The monoisotopic (exact) mass is 392 g/mol. The maximum Gasteiger partial charge on any atom is 0.414 e. The summed E-state index contributed by atoms with van der Waals surface area (Å²) in [5, 5.41) is 2.54. The number of nitrogens with one attached hydrogen (secondary N) is 1. The number of hydrogen-bond donors (Lipinski definition) is 1. The highest BCUT2D eigenvalue weighted by atomic mass is 19.2. The first kappa shape index (κ1) is 19.4. The third kappa shape index (κ3) is 3.98. The molecule has 2 amide bonds. The van der Waals surface area contributed by atoms with Crippen molar-refractivity contribution in [2.45, 2.75) is 6.10 Å². The molecule has 0 saturated carbocycles. The highest BCUT2D eigenvalue weighted by molar-refractivity contribution is 5.94. The number of cyclic esters (lactones) is 1. The van der Waals surface area contributed by atoms with Crippen LogP contribution in [0.5, 0.6) is 11.5 Å². The number of rotatable bonds is 6. The maximum absolute atomic E-state index is 13.2. The minimum absolute atomic E-state index is 0.0212. The van der Waals surface area contributed by atoms with Crippen molar-refractivity contribution < 1.29 is 32.6 Å². The van der Waals surface area contributed by atoms with Gasteiger partial charge in [-0.05, 0) is 30.3 Å². The molecule has 28 heavy (non-hydrogen) atoms. The molecule has 2 aromatic rings. The van der Waals surface area contributed by atoms with E-state index >= 15 is 0 Å².